The Balaban J connectivity index is 1.52. The quantitative estimate of drug-likeness (QED) is 0.321. The summed E-state index contributed by atoms with van der Waals surface area (Å²) in [6, 6.07) is 9.27. The van der Waals surface area contributed by atoms with Crippen LogP contribution in [-0.4, -0.2) is 0 Å². The van der Waals surface area contributed by atoms with Gasteiger partial charge in [0.05, 0.1) is 0 Å². The summed E-state index contributed by atoms with van der Waals surface area (Å²) in [5.74, 6) is 1.59. The van der Waals surface area contributed by atoms with Gasteiger partial charge < -0.3 is 0 Å². The standard InChI is InChI=1S/C39H50/c1-10-11-38(33-19-17-32(18-20-33)31-15-12-26(2)13-16-31)30(6)29(5)36-22-28(4)34(24-36)23-35-25-37(39(7,8)9)21-14-27(35)3/h12,15-20,23-24,30,37-38H,2,4-5,10-11,13-14,21-22,25H2,1,3,6-9H3/b34-23-/t30-,37-,38-/m0/s1. The van der Waals surface area contributed by atoms with Crippen molar-refractivity contribution in [1.29, 1.82) is 0 Å². The van der Waals surface area contributed by atoms with Gasteiger partial charge in [0, 0.05) is 0 Å². The molecule has 1 aromatic rings. The predicted molar refractivity (Wildman–Crippen MR) is 173 cm³/mol. The molecule has 3 aliphatic rings. The fourth-order valence-electron chi connectivity index (χ4n) is 6.50. The minimum Gasteiger partial charge on any atom is -0.0955 e. The lowest BCUT2D eigenvalue weighted by Gasteiger charge is -2.35. The highest BCUT2D eigenvalue weighted by Gasteiger charge is 2.29. The Bertz CT molecular complexity index is 1270. The summed E-state index contributed by atoms with van der Waals surface area (Å²) in [4.78, 5) is 0. The van der Waals surface area contributed by atoms with Gasteiger partial charge in [-0.3, -0.25) is 0 Å². The van der Waals surface area contributed by atoms with Crippen LogP contribution in [0.1, 0.15) is 104 Å². The molecule has 0 fully saturated rings. The molecule has 0 amide bonds. The van der Waals surface area contributed by atoms with Gasteiger partial charge in [0.2, 0.25) is 0 Å². The highest BCUT2D eigenvalue weighted by Crippen LogP contribution is 2.44. The van der Waals surface area contributed by atoms with Crippen molar-refractivity contribution in [3.05, 3.63) is 125 Å². The van der Waals surface area contributed by atoms with Crippen LogP contribution < -0.4 is 0 Å². The van der Waals surface area contributed by atoms with Crippen molar-refractivity contribution in [3.8, 4) is 0 Å². The minimum absolute atomic E-state index is 0.355. The zero-order chi connectivity index (χ0) is 28.3. The Morgan fingerprint density at radius 3 is 2.44 bits per heavy atom. The van der Waals surface area contributed by atoms with Crippen LogP contribution in [0.4, 0.5) is 0 Å². The number of hydrogen-bond acceptors (Lipinski definition) is 0. The van der Waals surface area contributed by atoms with Gasteiger partial charge in [-0.1, -0.05) is 127 Å². The molecule has 3 atom stereocenters. The first-order valence-corrected chi connectivity index (χ1v) is 15.1. The first-order valence-electron chi connectivity index (χ1n) is 15.1. The molecular formula is C39H50. The Hall–Kier alpha value is -2.86. The average molecular weight is 519 g/mol. The lowest BCUT2D eigenvalue weighted by atomic mass is 9.70. The van der Waals surface area contributed by atoms with E-state index in [9.17, 15) is 0 Å². The number of allylic oxidation sites excluding steroid dienone is 13. The van der Waals surface area contributed by atoms with Gasteiger partial charge in [0.15, 0.2) is 0 Å². The van der Waals surface area contributed by atoms with E-state index in [-0.39, 0.29) is 0 Å². The van der Waals surface area contributed by atoms with Gasteiger partial charge in [-0.15, -0.1) is 0 Å². The van der Waals surface area contributed by atoms with Gasteiger partial charge in [-0.25, -0.2) is 0 Å². The summed E-state index contributed by atoms with van der Waals surface area (Å²) in [7, 11) is 0. The molecule has 0 unspecified atom stereocenters. The molecule has 0 saturated heterocycles. The van der Waals surface area contributed by atoms with E-state index in [1.54, 1.807) is 5.57 Å². The molecule has 0 heterocycles. The molecule has 3 aliphatic carbocycles. The molecule has 0 aliphatic heterocycles. The van der Waals surface area contributed by atoms with Crippen molar-refractivity contribution in [3.63, 3.8) is 0 Å². The minimum atomic E-state index is 0.355. The molecule has 4 rings (SSSR count). The molecule has 0 nitrogen and oxygen atoms in total. The molecule has 0 spiro atoms. The van der Waals surface area contributed by atoms with Gasteiger partial charge in [-0.05, 0) is 113 Å². The Labute approximate surface area is 239 Å². The van der Waals surface area contributed by atoms with E-state index in [0.29, 0.717) is 17.3 Å². The van der Waals surface area contributed by atoms with Crippen LogP contribution in [-0.2, 0) is 0 Å². The average Bonchev–Trinajstić information content (AvgIpc) is 3.27. The van der Waals surface area contributed by atoms with E-state index in [4.69, 9.17) is 0 Å². The van der Waals surface area contributed by atoms with Gasteiger partial charge in [0.25, 0.3) is 0 Å². The van der Waals surface area contributed by atoms with Crippen LogP contribution in [0.15, 0.2) is 113 Å². The SMILES string of the molecule is C=C1C=CC(c2ccc([C@@H](CCC)[C@@H](C)C(=C)C3=C/C(=C/C4=C(C)CC[C@H](C(C)(C)C)C4)C(=C)C3)cc2)=CC1. The Morgan fingerprint density at radius 1 is 1.10 bits per heavy atom. The first kappa shape index (κ1) is 29.1. The van der Waals surface area contributed by atoms with Crippen LogP contribution >= 0.6 is 0 Å². The van der Waals surface area contributed by atoms with E-state index in [2.05, 4.69) is 116 Å². The van der Waals surface area contributed by atoms with Gasteiger partial charge >= 0.3 is 0 Å². The molecule has 0 aromatic heterocycles. The lowest BCUT2D eigenvalue weighted by Crippen LogP contribution is -2.23. The van der Waals surface area contributed by atoms with Crippen molar-refractivity contribution in [2.24, 2.45) is 17.3 Å². The zero-order valence-electron chi connectivity index (χ0n) is 25.5. The zero-order valence-corrected chi connectivity index (χ0v) is 25.5. The summed E-state index contributed by atoms with van der Waals surface area (Å²) < 4.78 is 0. The van der Waals surface area contributed by atoms with Gasteiger partial charge in [0.1, 0.15) is 0 Å². The highest BCUT2D eigenvalue weighted by molar-refractivity contribution is 5.76. The molecule has 0 saturated carbocycles. The fourth-order valence-corrected chi connectivity index (χ4v) is 6.50. The van der Waals surface area contributed by atoms with Crippen molar-refractivity contribution in [2.45, 2.75) is 92.4 Å². The molecule has 0 radical (unpaired) electrons. The molecule has 1 aromatic carbocycles. The second-order valence-electron chi connectivity index (χ2n) is 13.3. The smallest absolute Gasteiger partial charge is 0.00229 e. The third-order valence-electron chi connectivity index (χ3n) is 9.50. The van der Waals surface area contributed by atoms with Crippen LogP contribution in [0.2, 0.25) is 0 Å². The summed E-state index contributed by atoms with van der Waals surface area (Å²) in [5.41, 5.74) is 13.8. The lowest BCUT2D eigenvalue weighted by molar-refractivity contribution is 0.217. The van der Waals surface area contributed by atoms with E-state index in [0.717, 1.165) is 18.8 Å². The van der Waals surface area contributed by atoms with Crippen molar-refractivity contribution < 1.29 is 0 Å². The largest absolute Gasteiger partial charge is 0.0955 e. The maximum atomic E-state index is 4.66. The normalized spacial score (nSPS) is 22.7. The summed E-state index contributed by atoms with van der Waals surface area (Å²) >= 11 is 0. The Kier molecular flexibility index (Phi) is 9.05. The third-order valence-corrected chi connectivity index (χ3v) is 9.50. The highest BCUT2D eigenvalue weighted by atomic mass is 14.3. The summed E-state index contributed by atoms with van der Waals surface area (Å²) in [6.07, 6.45) is 19.4. The predicted octanol–water partition coefficient (Wildman–Crippen LogP) is 11.6. The second-order valence-corrected chi connectivity index (χ2v) is 13.3. The number of hydrogen-bond donors (Lipinski definition) is 0. The maximum Gasteiger partial charge on any atom is -0.00229 e. The summed E-state index contributed by atoms with van der Waals surface area (Å²) in [5, 5.41) is 0. The Morgan fingerprint density at radius 2 is 1.82 bits per heavy atom. The van der Waals surface area contributed by atoms with E-state index in [1.165, 1.54) is 82.2 Å². The number of benzene rings is 1. The molecule has 0 bridgehead atoms. The monoisotopic (exact) mass is 518 g/mol. The molecule has 206 valence electrons. The molecule has 39 heavy (non-hydrogen) atoms. The second kappa shape index (κ2) is 12.1. The topological polar surface area (TPSA) is 0 Å². The number of rotatable bonds is 8. The fraction of sp³-hybridized carbons (Fsp3) is 0.436. The molecule has 0 heteroatoms. The van der Waals surface area contributed by atoms with Crippen LogP contribution in [0.25, 0.3) is 5.57 Å². The van der Waals surface area contributed by atoms with Crippen LogP contribution in [0.5, 0.6) is 0 Å². The van der Waals surface area contributed by atoms with Crippen LogP contribution in [0.3, 0.4) is 0 Å². The first-order chi connectivity index (χ1) is 18.5. The molecular weight excluding hydrogens is 468 g/mol. The van der Waals surface area contributed by atoms with E-state index in [1.807, 2.05) is 0 Å². The summed E-state index contributed by atoms with van der Waals surface area (Å²) in [6.45, 7) is 27.4. The van der Waals surface area contributed by atoms with E-state index >= 15 is 0 Å². The third kappa shape index (κ3) is 6.84. The maximum absolute atomic E-state index is 4.66. The van der Waals surface area contributed by atoms with E-state index < -0.39 is 0 Å². The van der Waals surface area contributed by atoms with Crippen molar-refractivity contribution in [2.75, 3.05) is 0 Å². The molecule has 0 N–H and O–H groups in total. The van der Waals surface area contributed by atoms with Crippen molar-refractivity contribution >= 4 is 5.57 Å². The van der Waals surface area contributed by atoms with Crippen LogP contribution in [0, 0.1) is 17.3 Å². The van der Waals surface area contributed by atoms with Gasteiger partial charge in [-0.2, -0.15) is 0 Å². The van der Waals surface area contributed by atoms with Crippen molar-refractivity contribution in [1.82, 2.24) is 0 Å².